The molecule has 0 spiro atoms. The molecule has 0 bridgehead atoms. The third kappa shape index (κ3) is 3.04. The van der Waals surface area contributed by atoms with Gasteiger partial charge in [-0.25, -0.2) is 8.42 Å². The summed E-state index contributed by atoms with van der Waals surface area (Å²) in [6.07, 6.45) is 8.73. The highest BCUT2D eigenvalue weighted by atomic mass is 32.2. The number of nitrogens with zero attached hydrogens (tertiary/aromatic N) is 2. The predicted octanol–water partition coefficient (Wildman–Crippen LogP) is 3.80. The van der Waals surface area contributed by atoms with Gasteiger partial charge in [-0.1, -0.05) is 12.1 Å². The smallest absolute Gasteiger partial charge is 0.208 e. The van der Waals surface area contributed by atoms with Gasteiger partial charge in [-0.2, -0.15) is 0 Å². The molecule has 132 valence electrons. The second kappa shape index (κ2) is 6.46. The van der Waals surface area contributed by atoms with Gasteiger partial charge < -0.3 is 9.32 Å². The van der Waals surface area contributed by atoms with Crippen molar-refractivity contribution in [3.63, 3.8) is 0 Å². The monoisotopic (exact) mass is 366 g/mol. The van der Waals surface area contributed by atoms with Crippen LogP contribution < -0.4 is 0 Å². The Kier molecular flexibility index (Phi) is 4.12. The molecule has 5 nitrogen and oxygen atoms in total. The van der Waals surface area contributed by atoms with E-state index in [1.54, 1.807) is 37.6 Å². The van der Waals surface area contributed by atoms with E-state index in [2.05, 4.69) is 9.88 Å². The first kappa shape index (κ1) is 16.6. The van der Waals surface area contributed by atoms with Crippen LogP contribution in [0.1, 0.15) is 22.5 Å². The van der Waals surface area contributed by atoms with E-state index in [1.165, 1.54) is 6.20 Å². The quantitative estimate of drug-likeness (QED) is 0.703. The van der Waals surface area contributed by atoms with Crippen LogP contribution in [0.4, 0.5) is 0 Å². The molecule has 0 fully saturated rings. The summed E-state index contributed by atoms with van der Waals surface area (Å²) in [6.45, 7) is 3.16. The first-order valence-electron chi connectivity index (χ1n) is 8.27. The maximum Gasteiger partial charge on any atom is 0.208 e. The molecule has 2 aromatic heterocycles. The van der Waals surface area contributed by atoms with Crippen molar-refractivity contribution in [1.29, 1.82) is 0 Å². The Bertz CT molecular complexity index is 1070. The molecule has 6 heteroatoms. The Morgan fingerprint density at radius 1 is 1.15 bits per heavy atom. The Labute approximate surface area is 152 Å². The fourth-order valence-corrected chi connectivity index (χ4v) is 4.47. The van der Waals surface area contributed by atoms with Gasteiger partial charge in [0.15, 0.2) is 0 Å². The lowest BCUT2D eigenvalue weighted by molar-refractivity contribution is 0.319. The van der Waals surface area contributed by atoms with E-state index in [9.17, 15) is 8.42 Å². The molecule has 4 rings (SSSR count). The van der Waals surface area contributed by atoms with E-state index < -0.39 is 9.84 Å². The van der Waals surface area contributed by atoms with Gasteiger partial charge in [0, 0.05) is 30.7 Å². The summed E-state index contributed by atoms with van der Waals surface area (Å²) >= 11 is 0. The molecule has 0 saturated carbocycles. The molecule has 0 atom stereocenters. The average Bonchev–Trinajstić information content (AvgIpc) is 3.10. The van der Waals surface area contributed by atoms with Crippen LogP contribution in [0.5, 0.6) is 0 Å². The molecule has 0 unspecified atom stereocenters. The van der Waals surface area contributed by atoms with Gasteiger partial charge in [0.1, 0.15) is 5.76 Å². The minimum Gasteiger partial charge on any atom is -0.467 e. The molecular weight excluding hydrogens is 348 g/mol. The Morgan fingerprint density at radius 3 is 2.73 bits per heavy atom. The van der Waals surface area contributed by atoms with Gasteiger partial charge in [-0.3, -0.25) is 4.98 Å². The summed E-state index contributed by atoms with van der Waals surface area (Å²) in [6, 6.07) is 10.7. The van der Waals surface area contributed by atoms with Crippen LogP contribution in [0.2, 0.25) is 0 Å². The van der Waals surface area contributed by atoms with Crippen molar-refractivity contribution in [3.05, 3.63) is 83.7 Å². The number of rotatable bonds is 4. The number of aromatic nitrogens is 1. The molecule has 3 heterocycles. The normalized spacial score (nSPS) is 13.7. The van der Waals surface area contributed by atoms with Crippen LogP contribution >= 0.6 is 0 Å². The Hall–Kier alpha value is -2.86. The number of hydrogen-bond acceptors (Lipinski definition) is 5. The molecule has 0 amide bonds. The molecular formula is C20H18N2O3S. The third-order valence-corrected chi connectivity index (χ3v) is 6.39. The lowest BCUT2D eigenvalue weighted by Crippen LogP contribution is -2.18. The number of sulfone groups is 1. The predicted molar refractivity (Wildman–Crippen MR) is 97.9 cm³/mol. The summed E-state index contributed by atoms with van der Waals surface area (Å²) < 4.78 is 31.0. The summed E-state index contributed by atoms with van der Waals surface area (Å²) in [5, 5.41) is 0. The van der Waals surface area contributed by atoms with E-state index in [0.717, 1.165) is 16.9 Å². The van der Waals surface area contributed by atoms with Crippen molar-refractivity contribution in [3.8, 4) is 0 Å². The molecule has 0 N–H and O–H groups in total. The minimum atomic E-state index is -3.56. The Balaban J connectivity index is 1.53. The number of hydrogen-bond donors (Lipinski definition) is 0. The molecule has 0 radical (unpaired) electrons. The van der Waals surface area contributed by atoms with Crippen molar-refractivity contribution in [2.75, 3.05) is 0 Å². The highest BCUT2D eigenvalue weighted by Gasteiger charge is 2.20. The first-order valence-corrected chi connectivity index (χ1v) is 9.75. The lowest BCUT2D eigenvalue weighted by Gasteiger charge is -2.22. The number of pyridine rings is 1. The zero-order valence-corrected chi connectivity index (χ0v) is 15.1. The van der Waals surface area contributed by atoms with Gasteiger partial charge in [0.2, 0.25) is 9.84 Å². The molecule has 1 aliphatic rings. The molecule has 0 aliphatic carbocycles. The largest absolute Gasteiger partial charge is 0.467 e. The Morgan fingerprint density at radius 2 is 1.96 bits per heavy atom. The molecule has 0 saturated heterocycles. The van der Waals surface area contributed by atoms with Crippen LogP contribution in [0.25, 0.3) is 6.08 Å². The fourth-order valence-electron chi connectivity index (χ4n) is 3.03. The maximum absolute atomic E-state index is 12.8. The van der Waals surface area contributed by atoms with Crippen LogP contribution in [-0.4, -0.2) is 18.3 Å². The van der Waals surface area contributed by atoms with Crippen molar-refractivity contribution >= 4 is 15.9 Å². The van der Waals surface area contributed by atoms with Gasteiger partial charge in [0.05, 0.1) is 22.6 Å². The standard InChI is InChI=1S/C20H18N2O3S/c1-15-6-9-21-12-20(15)26(23,24)18-4-2-16(3-5-18)13-22-10-7-17-8-11-25-19(17)14-22/h2-12H,13-14H2,1H3. The van der Waals surface area contributed by atoms with E-state index in [1.807, 2.05) is 30.5 Å². The summed E-state index contributed by atoms with van der Waals surface area (Å²) in [7, 11) is -3.56. The van der Waals surface area contributed by atoms with E-state index in [4.69, 9.17) is 4.42 Å². The van der Waals surface area contributed by atoms with Crippen LogP contribution in [-0.2, 0) is 22.9 Å². The summed E-state index contributed by atoms with van der Waals surface area (Å²) in [5.74, 6) is 0.943. The summed E-state index contributed by atoms with van der Waals surface area (Å²) in [4.78, 5) is 6.59. The number of aryl methyl sites for hydroxylation is 1. The highest BCUT2D eigenvalue weighted by molar-refractivity contribution is 7.91. The lowest BCUT2D eigenvalue weighted by atomic mass is 10.1. The first-order chi connectivity index (χ1) is 12.5. The average molecular weight is 366 g/mol. The number of benzene rings is 1. The van der Waals surface area contributed by atoms with Crippen LogP contribution in [0.15, 0.2) is 75.5 Å². The zero-order valence-electron chi connectivity index (χ0n) is 14.3. The topological polar surface area (TPSA) is 63.4 Å². The van der Waals surface area contributed by atoms with Crippen molar-refractivity contribution in [2.24, 2.45) is 0 Å². The van der Waals surface area contributed by atoms with E-state index >= 15 is 0 Å². The maximum atomic E-state index is 12.8. The van der Waals surface area contributed by atoms with Gasteiger partial charge in [-0.05, 0) is 48.4 Å². The van der Waals surface area contributed by atoms with Crippen molar-refractivity contribution < 1.29 is 12.8 Å². The third-order valence-electron chi connectivity index (χ3n) is 4.49. The molecule has 3 aromatic rings. The number of furan rings is 1. The van der Waals surface area contributed by atoms with Crippen molar-refractivity contribution in [1.82, 2.24) is 9.88 Å². The minimum absolute atomic E-state index is 0.247. The highest BCUT2D eigenvalue weighted by Crippen LogP contribution is 2.25. The molecule has 26 heavy (non-hydrogen) atoms. The van der Waals surface area contributed by atoms with E-state index in [-0.39, 0.29) is 9.79 Å². The van der Waals surface area contributed by atoms with Crippen LogP contribution in [0.3, 0.4) is 0 Å². The fraction of sp³-hybridized carbons (Fsp3) is 0.150. The van der Waals surface area contributed by atoms with Gasteiger partial charge >= 0.3 is 0 Å². The zero-order chi connectivity index (χ0) is 18.1. The van der Waals surface area contributed by atoms with E-state index in [0.29, 0.717) is 18.7 Å². The second-order valence-electron chi connectivity index (χ2n) is 6.31. The summed E-state index contributed by atoms with van der Waals surface area (Å²) in [5.41, 5.74) is 2.83. The van der Waals surface area contributed by atoms with Crippen LogP contribution in [0, 0.1) is 6.92 Å². The molecule has 1 aliphatic heterocycles. The van der Waals surface area contributed by atoms with Gasteiger partial charge in [0.25, 0.3) is 0 Å². The van der Waals surface area contributed by atoms with Gasteiger partial charge in [-0.15, -0.1) is 0 Å². The van der Waals surface area contributed by atoms with Crippen molar-refractivity contribution in [2.45, 2.75) is 29.8 Å². The second-order valence-corrected chi connectivity index (χ2v) is 8.23. The SMILES string of the molecule is Cc1ccncc1S(=O)(=O)c1ccc(CN2C=Cc3ccoc3C2)cc1. The number of fused-ring (bicyclic) bond motifs is 1. The molecule has 1 aromatic carbocycles.